The number of carbonyl (C=O) groups excluding carboxylic acids is 1. The minimum Gasteiger partial charge on any atom is -0.379 e. The zero-order chi connectivity index (χ0) is 23.5. The predicted octanol–water partition coefficient (Wildman–Crippen LogP) is 1.85. The van der Waals surface area contributed by atoms with Gasteiger partial charge in [0.1, 0.15) is 11.6 Å². The summed E-state index contributed by atoms with van der Waals surface area (Å²) in [5.41, 5.74) is 1.77. The van der Waals surface area contributed by atoms with Crippen LogP contribution in [0, 0.1) is 11.3 Å². The van der Waals surface area contributed by atoms with Crippen LogP contribution in [-0.2, 0) is 14.3 Å². The van der Waals surface area contributed by atoms with E-state index in [4.69, 9.17) is 9.47 Å². The highest BCUT2D eigenvalue weighted by molar-refractivity contribution is 5.94. The Labute approximate surface area is 200 Å². The summed E-state index contributed by atoms with van der Waals surface area (Å²) in [7, 11) is 0. The molecule has 2 saturated heterocycles. The highest BCUT2D eigenvalue weighted by Crippen LogP contribution is 2.29. The van der Waals surface area contributed by atoms with Gasteiger partial charge < -0.3 is 19.7 Å². The molecule has 1 saturated carbocycles. The molecular weight excluding hydrogens is 432 g/mol. The second-order valence-corrected chi connectivity index (χ2v) is 9.51. The van der Waals surface area contributed by atoms with Gasteiger partial charge in [0.05, 0.1) is 37.7 Å². The van der Waals surface area contributed by atoms with Crippen LogP contribution in [0.3, 0.4) is 0 Å². The van der Waals surface area contributed by atoms with E-state index in [0.29, 0.717) is 30.3 Å². The molecule has 3 aliphatic rings. The number of pyridine rings is 2. The summed E-state index contributed by atoms with van der Waals surface area (Å²) in [6, 6.07) is 6.71. The number of nitrogens with one attached hydrogen (secondary N) is 1. The van der Waals surface area contributed by atoms with Crippen molar-refractivity contribution in [3.05, 3.63) is 30.2 Å². The fourth-order valence-corrected chi connectivity index (χ4v) is 5.51. The van der Waals surface area contributed by atoms with Crippen molar-refractivity contribution in [3.63, 3.8) is 0 Å². The highest BCUT2D eigenvalue weighted by Gasteiger charge is 2.34. The average Bonchev–Trinajstić information content (AvgIpc) is 2.88. The molecule has 2 aromatic rings. The van der Waals surface area contributed by atoms with Crippen LogP contribution in [0.2, 0.25) is 0 Å². The number of nitrogens with zero attached hydrogens (tertiary/aromatic N) is 5. The number of nitriles is 1. The molecule has 1 amide bonds. The number of rotatable bonds is 4. The molecule has 2 aromatic heterocycles. The first-order valence-electron chi connectivity index (χ1n) is 12.3. The van der Waals surface area contributed by atoms with Gasteiger partial charge in [-0.25, -0.2) is 4.98 Å². The maximum atomic E-state index is 13.2. The van der Waals surface area contributed by atoms with E-state index in [2.05, 4.69) is 31.2 Å². The molecule has 9 nitrogen and oxygen atoms in total. The number of hydrogen-bond acceptors (Lipinski definition) is 8. The molecule has 9 heteroatoms. The third kappa shape index (κ3) is 4.85. The van der Waals surface area contributed by atoms with E-state index in [1.165, 1.54) is 0 Å². The highest BCUT2D eigenvalue weighted by atomic mass is 16.5. The van der Waals surface area contributed by atoms with Crippen LogP contribution in [0.5, 0.6) is 0 Å². The van der Waals surface area contributed by atoms with Crippen molar-refractivity contribution in [1.82, 2.24) is 20.2 Å². The molecule has 4 heterocycles. The molecule has 0 aromatic carbocycles. The lowest BCUT2D eigenvalue weighted by Crippen LogP contribution is -2.55. The summed E-state index contributed by atoms with van der Waals surface area (Å²) >= 11 is 0. The van der Waals surface area contributed by atoms with Crippen molar-refractivity contribution in [2.45, 2.75) is 56.9 Å². The number of amides is 1. The second kappa shape index (κ2) is 10.2. The number of hydrogen-bond donors (Lipinski definition) is 1. The fraction of sp³-hybridized carbons (Fsp3) is 0.600. The number of anilines is 1. The van der Waals surface area contributed by atoms with Crippen molar-refractivity contribution < 1.29 is 14.3 Å². The van der Waals surface area contributed by atoms with Crippen LogP contribution < -0.4 is 10.2 Å². The first-order chi connectivity index (χ1) is 16.6. The smallest absolute Gasteiger partial charge is 0.251 e. The predicted molar refractivity (Wildman–Crippen MR) is 127 cm³/mol. The second-order valence-electron chi connectivity index (χ2n) is 9.51. The Balaban J connectivity index is 1.23. The maximum absolute atomic E-state index is 13.2. The van der Waals surface area contributed by atoms with Crippen molar-refractivity contribution in [3.8, 4) is 6.07 Å². The summed E-state index contributed by atoms with van der Waals surface area (Å²) in [5.74, 6) is -0.0459. The van der Waals surface area contributed by atoms with Crippen molar-refractivity contribution in [2.75, 3.05) is 44.3 Å². The van der Waals surface area contributed by atoms with E-state index in [-0.39, 0.29) is 18.1 Å². The van der Waals surface area contributed by atoms with E-state index < -0.39 is 6.10 Å². The third-order valence-electron chi connectivity index (χ3n) is 7.23. The molecule has 34 heavy (non-hydrogen) atoms. The van der Waals surface area contributed by atoms with Crippen molar-refractivity contribution in [2.24, 2.45) is 0 Å². The largest absolute Gasteiger partial charge is 0.379 e. The average molecular weight is 465 g/mol. The molecule has 2 atom stereocenters. The van der Waals surface area contributed by atoms with Crippen molar-refractivity contribution >= 4 is 22.5 Å². The zero-order valence-electron chi connectivity index (χ0n) is 19.7. The number of ether oxygens (including phenoxy) is 2. The Bertz CT molecular complexity index is 1060. The molecule has 5 rings (SSSR count). The number of morpholine rings is 2. The number of aromatic nitrogens is 2. The van der Waals surface area contributed by atoms with Gasteiger partial charge in [0.25, 0.3) is 5.91 Å². The Kier molecular flexibility index (Phi) is 6.90. The summed E-state index contributed by atoms with van der Waals surface area (Å²) in [5, 5.41) is 13.5. The first-order valence-corrected chi connectivity index (χ1v) is 12.3. The SMILES string of the molecule is CC1CN(c2cnc(C#N)c3ncccc23)CC(C(=O)NC2CCC(N3CCOCC3)CC2)O1. The van der Waals surface area contributed by atoms with Crippen LogP contribution in [0.15, 0.2) is 24.5 Å². The van der Waals surface area contributed by atoms with Crippen LogP contribution in [-0.4, -0.2) is 84.5 Å². The molecule has 1 N–H and O–H groups in total. The number of carbonyl (C=O) groups is 1. The van der Waals surface area contributed by atoms with Gasteiger partial charge in [-0.2, -0.15) is 5.26 Å². The van der Waals surface area contributed by atoms with E-state index >= 15 is 0 Å². The Morgan fingerprint density at radius 1 is 1.18 bits per heavy atom. The van der Waals surface area contributed by atoms with Gasteiger partial charge in [-0.05, 0) is 44.7 Å². The molecule has 0 bridgehead atoms. The summed E-state index contributed by atoms with van der Waals surface area (Å²) < 4.78 is 11.5. The lowest BCUT2D eigenvalue weighted by atomic mass is 9.89. The third-order valence-corrected chi connectivity index (χ3v) is 7.23. The van der Waals surface area contributed by atoms with Crippen molar-refractivity contribution in [1.29, 1.82) is 5.26 Å². The quantitative estimate of drug-likeness (QED) is 0.731. The molecular formula is C25H32N6O3. The van der Waals surface area contributed by atoms with E-state index in [9.17, 15) is 10.1 Å². The summed E-state index contributed by atoms with van der Waals surface area (Å²) in [4.78, 5) is 26.5. The summed E-state index contributed by atoms with van der Waals surface area (Å²) in [6.07, 6.45) is 6.92. The topological polar surface area (TPSA) is 104 Å². The van der Waals surface area contributed by atoms with Crippen LogP contribution in [0.25, 0.3) is 10.9 Å². The minimum atomic E-state index is -0.553. The number of fused-ring (bicyclic) bond motifs is 1. The zero-order valence-corrected chi connectivity index (χ0v) is 19.7. The van der Waals surface area contributed by atoms with Gasteiger partial charge in [-0.1, -0.05) is 0 Å². The minimum absolute atomic E-state index is 0.0459. The molecule has 180 valence electrons. The van der Waals surface area contributed by atoms with Gasteiger partial charge in [0.2, 0.25) is 0 Å². The van der Waals surface area contributed by atoms with Crippen LogP contribution >= 0.6 is 0 Å². The Morgan fingerprint density at radius 3 is 2.74 bits per heavy atom. The summed E-state index contributed by atoms with van der Waals surface area (Å²) in [6.45, 7) is 6.74. The van der Waals surface area contributed by atoms with Gasteiger partial charge >= 0.3 is 0 Å². The van der Waals surface area contributed by atoms with Crippen LogP contribution in [0.4, 0.5) is 5.69 Å². The Morgan fingerprint density at radius 2 is 1.97 bits per heavy atom. The molecule has 2 unspecified atom stereocenters. The van der Waals surface area contributed by atoms with Crippen LogP contribution in [0.1, 0.15) is 38.3 Å². The van der Waals surface area contributed by atoms with Gasteiger partial charge in [-0.3, -0.25) is 14.7 Å². The standard InChI is InChI=1S/C25H32N6O3/c1-17-15-31(22-14-28-21(13-26)24-20(22)3-2-8-27-24)16-23(34-17)25(32)29-18-4-6-19(7-5-18)30-9-11-33-12-10-30/h2-3,8,14,17-19,23H,4-7,9-12,15-16H2,1H3,(H,29,32). The van der Waals surface area contributed by atoms with Gasteiger partial charge in [-0.15, -0.1) is 0 Å². The van der Waals surface area contributed by atoms with Gasteiger partial charge in [0, 0.05) is 43.3 Å². The van der Waals surface area contributed by atoms with E-state index in [1.807, 2.05) is 19.1 Å². The van der Waals surface area contributed by atoms with E-state index in [0.717, 1.165) is 63.1 Å². The van der Waals surface area contributed by atoms with Gasteiger partial charge in [0.15, 0.2) is 11.8 Å². The molecule has 2 aliphatic heterocycles. The fourth-order valence-electron chi connectivity index (χ4n) is 5.51. The molecule has 3 fully saturated rings. The lowest BCUT2D eigenvalue weighted by molar-refractivity contribution is -0.138. The lowest BCUT2D eigenvalue weighted by Gasteiger charge is -2.40. The Hall–Kier alpha value is -2.80. The first kappa shape index (κ1) is 23.0. The molecule has 0 spiro atoms. The maximum Gasteiger partial charge on any atom is 0.251 e. The monoisotopic (exact) mass is 464 g/mol. The van der Waals surface area contributed by atoms with E-state index in [1.54, 1.807) is 12.4 Å². The normalized spacial score (nSPS) is 28.4. The molecule has 0 radical (unpaired) electrons. The molecule has 1 aliphatic carbocycles.